The molecule has 2 N–H and O–H groups in total. The largest absolute Gasteiger partial charge is 0.493 e. The number of nitrogens with one attached hydrogen (secondary N) is 1. The summed E-state index contributed by atoms with van der Waals surface area (Å²) in [7, 11) is 7.25. The molecule has 8 nitrogen and oxygen atoms in total. The molecule has 33 heavy (non-hydrogen) atoms. The quantitative estimate of drug-likeness (QED) is 0.502. The van der Waals surface area contributed by atoms with Gasteiger partial charge in [-0.1, -0.05) is 11.6 Å². The van der Waals surface area contributed by atoms with Crippen LogP contribution in [0, 0.1) is 5.82 Å². The molecule has 0 saturated carbocycles. The minimum atomic E-state index is -0.580. The van der Waals surface area contributed by atoms with Gasteiger partial charge in [0.2, 0.25) is 0 Å². The fraction of sp³-hybridized carbons (Fsp3) is 0.391. The molecule has 0 amide bonds. The van der Waals surface area contributed by atoms with Crippen molar-refractivity contribution in [3.63, 3.8) is 0 Å². The SMILES string of the molecule is COc1cc2c(Nc3ccc(F)c(Cl)c3)ncnc2cc1O[C@H]1C[C@@H](C(O)N(C)C)N(C)C1. The third-order valence-electron chi connectivity index (χ3n) is 5.83. The van der Waals surface area contributed by atoms with E-state index in [0.717, 1.165) is 0 Å². The van der Waals surface area contributed by atoms with E-state index in [9.17, 15) is 9.50 Å². The first-order valence-corrected chi connectivity index (χ1v) is 10.9. The molecule has 1 saturated heterocycles. The molecule has 176 valence electrons. The van der Waals surface area contributed by atoms with Gasteiger partial charge in [0.05, 0.1) is 23.7 Å². The van der Waals surface area contributed by atoms with Gasteiger partial charge in [-0.25, -0.2) is 14.4 Å². The molecule has 0 spiro atoms. The second-order valence-electron chi connectivity index (χ2n) is 8.36. The topological polar surface area (TPSA) is 83.0 Å². The van der Waals surface area contributed by atoms with Gasteiger partial charge >= 0.3 is 0 Å². The molecular weight excluding hydrogens is 449 g/mol. The monoisotopic (exact) mass is 475 g/mol. The highest BCUT2D eigenvalue weighted by Crippen LogP contribution is 2.37. The number of methoxy groups -OCH3 is 1. The van der Waals surface area contributed by atoms with E-state index in [2.05, 4.69) is 20.2 Å². The zero-order valence-electron chi connectivity index (χ0n) is 18.9. The molecule has 4 rings (SSSR count). The molecular formula is C23H27ClFN5O3. The van der Waals surface area contributed by atoms with Crippen molar-refractivity contribution in [1.82, 2.24) is 19.8 Å². The summed E-state index contributed by atoms with van der Waals surface area (Å²) < 4.78 is 25.4. The minimum Gasteiger partial charge on any atom is -0.493 e. The molecule has 1 aliphatic heterocycles. The van der Waals surface area contributed by atoms with Crippen LogP contribution >= 0.6 is 11.6 Å². The highest BCUT2D eigenvalue weighted by Gasteiger charge is 2.36. The van der Waals surface area contributed by atoms with Crippen molar-refractivity contribution in [2.24, 2.45) is 0 Å². The summed E-state index contributed by atoms with van der Waals surface area (Å²) >= 11 is 5.90. The molecule has 2 heterocycles. The first-order valence-electron chi connectivity index (χ1n) is 10.5. The number of likely N-dealkylation sites (N-methyl/N-ethyl adjacent to an activating group) is 2. The maximum atomic E-state index is 13.5. The molecule has 3 atom stereocenters. The lowest BCUT2D eigenvalue weighted by Gasteiger charge is -2.29. The van der Waals surface area contributed by atoms with E-state index in [-0.39, 0.29) is 17.2 Å². The Kier molecular flexibility index (Phi) is 6.85. The van der Waals surface area contributed by atoms with Gasteiger partial charge in [-0.15, -0.1) is 0 Å². The fourth-order valence-electron chi connectivity index (χ4n) is 4.06. The number of fused-ring (bicyclic) bond motifs is 1. The van der Waals surface area contributed by atoms with Gasteiger partial charge < -0.3 is 19.9 Å². The van der Waals surface area contributed by atoms with Crippen LogP contribution in [0.5, 0.6) is 11.5 Å². The third kappa shape index (κ3) is 4.96. The van der Waals surface area contributed by atoms with E-state index >= 15 is 0 Å². The van der Waals surface area contributed by atoms with Crippen molar-refractivity contribution in [1.29, 1.82) is 0 Å². The smallest absolute Gasteiger partial charge is 0.163 e. The van der Waals surface area contributed by atoms with Gasteiger partial charge in [0.1, 0.15) is 30.3 Å². The Bertz CT molecular complexity index is 1150. The Morgan fingerprint density at radius 2 is 2.03 bits per heavy atom. The van der Waals surface area contributed by atoms with Crippen LogP contribution < -0.4 is 14.8 Å². The lowest BCUT2D eigenvalue weighted by molar-refractivity contribution is -0.0177. The maximum Gasteiger partial charge on any atom is 0.163 e. The van der Waals surface area contributed by atoms with Crippen LogP contribution in [-0.2, 0) is 0 Å². The Morgan fingerprint density at radius 1 is 1.24 bits per heavy atom. The van der Waals surface area contributed by atoms with E-state index in [1.165, 1.54) is 18.5 Å². The highest BCUT2D eigenvalue weighted by molar-refractivity contribution is 6.31. The van der Waals surface area contributed by atoms with Crippen LogP contribution in [0.15, 0.2) is 36.7 Å². The number of hydrogen-bond donors (Lipinski definition) is 2. The van der Waals surface area contributed by atoms with Gasteiger partial charge in [0, 0.05) is 30.1 Å². The summed E-state index contributed by atoms with van der Waals surface area (Å²) in [5.74, 6) is 1.15. The third-order valence-corrected chi connectivity index (χ3v) is 6.12. The second kappa shape index (κ2) is 9.64. The summed E-state index contributed by atoms with van der Waals surface area (Å²) in [5, 5.41) is 14.3. The number of aromatic nitrogens is 2. The zero-order chi connectivity index (χ0) is 23.7. The number of benzene rings is 2. The molecule has 3 aromatic rings. The van der Waals surface area contributed by atoms with Crippen molar-refractivity contribution in [2.45, 2.75) is 24.8 Å². The molecule has 0 aliphatic carbocycles. The first-order chi connectivity index (χ1) is 15.8. The summed E-state index contributed by atoms with van der Waals surface area (Å²) in [4.78, 5) is 12.6. The molecule has 1 aromatic heterocycles. The van der Waals surface area contributed by atoms with Crippen molar-refractivity contribution >= 4 is 34.0 Å². The van der Waals surface area contributed by atoms with Crippen LogP contribution in [-0.4, -0.2) is 78.0 Å². The van der Waals surface area contributed by atoms with E-state index in [0.29, 0.717) is 46.9 Å². The van der Waals surface area contributed by atoms with E-state index in [1.807, 2.05) is 33.3 Å². The number of aliphatic hydroxyl groups is 1. The molecule has 1 fully saturated rings. The van der Waals surface area contributed by atoms with Gasteiger partial charge in [-0.05, 0) is 45.4 Å². The van der Waals surface area contributed by atoms with Crippen molar-refractivity contribution in [3.8, 4) is 11.5 Å². The van der Waals surface area contributed by atoms with Crippen molar-refractivity contribution in [3.05, 3.63) is 47.5 Å². The first kappa shape index (κ1) is 23.4. The highest BCUT2D eigenvalue weighted by atomic mass is 35.5. The normalized spacial score (nSPS) is 19.8. The molecule has 1 unspecified atom stereocenters. The predicted octanol–water partition coefficient (Wildman–Crippen LogP) is 3.51. The lowest BCUT2D eigenvalue weighted by atomic mass is 10.1. The molecule has 0 radical (unpaired) electrons. The van der Waals surface area contributed by atoms with Gasteiger partial charge in [-0.2, -0.15) is 0 Å². The Morgan fingerprint density at radius 3 is 2.73 bits per heavy atom. The van der Waals surface area contributed by atoms with E-state index in [4.69, 9.17) is 21.1 Å². The number of halogens is 2. The molecule has 10 heteroatoms. The lowest BCUT2D eigenvalue weighted by Crippen LogP contribution is -2.44. The summed E-state index contributed by atoms with van der Waals surface area (Å²) in [6, 6.07) is 7.96. The van der Waals surface area contributed by atoms with E-state index in [1.54, 1.807) is 18.1 Å². The standard InChI is InChI=1S/C23H27ClFN5O3/c1-29(2)23(31)19-8-14(11-30(19)3)33-21-10-18-15(9-20(21)32-4)22(27-12-26-18)28-13-5-6-17(25)16(24)7-13/h5-7,9-10,12,14,19,23,31H,8,11H2,1-4H3,(H,26,27,28)/t14-,19-,23?/m0/s1. The van der Waals surface area contributed by atoms with Crippen molar-refractivity contribution in [2.75, 3.05) is 40.1 Å². The number of likely N-dealkylation sites (tertiary alicyclic amines) is 1. The average Bonchev–Trinajstić information content (AvgIpc) is 3.15. The number of nitrogens with zero attached hydrogens (tertiary/aromatic N) is 4. The van der Waals surface area contributed by atoms with Gasteiger partial charge in [0.15, 0.2) is 11.5 Å². The summed E-state index contributed by atoms with van der Waals surface area (Å²) in [6.45, 7) is 0.679. The number of rotatable bonds is 7. The Labute approximate surface area is 196 Å². The number of anilines is 2. The van der Waals surface area contributed by atoms with Crippen LogP contribution in [0.25, 0.3) is 10.9 Å². The molecule has 2 aromatic carbocycles. The van der Waals surface area contributed by atoms with Crippen LogP contribution in [0.1, 0.15) is 6.42 Å². The fourth-order valence-corrected chi connectivity index (χ4v) is 4.25. The van der Waals surface area contributed by atoms with Gasteiger partial charge in [-0.3, -0.25) is 9.80 Å². The number of ether oxygens (including phenoxy) is 2. The van der Waals surface area contributed by atoms with Gasteiger partial charge in [0.25, 0.3) is 0 Å². The Hall–Kier alpha value is -2.72. The number of aliphatic hydroxyl groups excluding tert-OH is 1. The van der Waals surface area contributed by atoms with Crippen LogP contribution in [0.3, 0.4) is 0 Å². The average molecular weight is 476 g/mol. The van der Waals surface area contributed by atoms with E-state index < -0.39 is 12.0 Å². The van der Waals surface area contributed by atoms with Crippen molar-refractivity contribution < 1.29 is 19.0 Å². The Balaban J connectivity index is 1.60. The summed E-state index contributed by atoms with van der Waals surface area (Å²) in [5.41, 5.74) is 1.26. The van der Waals surface area contributed by atoms with Crippen LogP contribution in [0.4, 0.5) is 15.9 Å². The molecule has 1 aliphatic rings. The molecule has 0 bridgehead atoms. The second-order valence-corrected chi connectivity index (χ2v) is 8.76. The summed E-state index contributed by atoms with van der Waals surface area (Å²) in [6.07, 6.45) is 1.43. The number of hydrogen-bond acceptors (Lipinski definition) is 8. The zero-order valence-corrected chi connectivity index (χ0v) is 19.7. The maximum absolute atomic E-state index is 13.5. The minimum absolute atomic E-state index is 0.0193. The predicted molar refractivity (Wildman–Crippen MR) is 126 cm³/mol. The van der Waals surface area contributed by atoms with Crippen LogP contribution in [0.2, 0.25) is 5.02 Å².